The van der Waals surface area contributed by atoms with Crippen LogP contribution >= 0.6 is 23.2 Å². The third-order valence-electron chi connectivity index (χ3n) is 3.68. The molecular weight excluding hydrogens is 319 g/mol. The number of ether oxygens (including phenoxy) is 2. The minimum Gasteiger partial charge on any atom is -0.454 e. The molecular formula is C13H12Cl2N2O4. The quantitative estimate of drug-likeness (QED) is 0.640. The predicted octanol–water partition coefficient (Wildman–Crippen LogP) is 1.76. The molecule has 8 heteroatoms. The van der Waals surface area contributed by atoms with Crippen molar-refractivity contribution < 1.29 is 19.1 Å². The summed E-state index contributed by atoms with van der Waals surface area (Å²) in [5.41, 5.74) is 4.10. The Morgan fingerprint density at radius 2 is 1.86 bits per heavy atom. The van der Waals surface area contributed by atoms with Crippen LogP contribution in [0, 0.1) is 5.41 Å². The molecule has 1 unspecified atom stereocenters. The zero-order valence-electron chi connectivity index (χ0n) is 11.0. The number of halogens is 2. The molecule has 1 aromatic rings. The van der Waals surface area contributed by atoms with E-state index in [9.17, 15) is 9.59 Å². The van der Waals surface area contributed by atoms with Gasteiger partial charge in [0.1, 0.15) is 4.33 Å². The first kappa shape index (κ1) is 14.3. The molecule has 0 saturated heterocycles. The van der Waals surface area contributed by atoms with E-state index in [2.05, 4.69) is 10.9 Å². The first-order valence-corrected chi connectivity index (χ1v) is 6.97. The Morgan fingerprint density at radius 1 is 1.19 bits per heavy atom. The summed E-state index contributed by atoms with van der Waals surface area (Å²) >= 11 is 11.8. The van der Waals surface area contributed by atoms with Crippen molar-refractivity contribution in [2.24, 2.45) is 5.41 Å². The van der Waals surface area contributed by atoms with Gasteiger partial charge in [-0.1, -0.05) is 0 Å². The van der Waals surface area contributed by atoms with Gasteiger partial charge in [0.25, 0.3) is 5.91 Å². The molecule has 3 rings (SSSR count). The van der Waals surface area contributed by atoms with E-state index < -0.39 is 21.6 Å². The summed E-state index contributed by atoms with van der Waals surface area (Å²) in [5, 5.41) is 0. The Labute approximate surface area is 130 Å². The van der Waals surface area contributed by atoms with Gasteiger partial charge in [-0.2, -0.15) is 0 Å². The van der Waals surface area contributed by atoms with Gasteiger partial charge in [-0.05, 0) is 31.5 Å². The monoisotopic (exact) mass is 330 g/mol. The van der Waals surface area contributed by atoms with E-state index in [1.165, 1.54) is 6.07 Å². The molecule has 2 aliphatic rings. The largest absolute Gasteiger partial charge is 0.454 e. The first-order valence-electron chi connectivity index (χ1n) is 6.22. The van der Waals surface area contributed by atoms with Crippen LogP contribution in [0.15, 0.2) is 18.2 Å². The summed E-state index contributed by atoms with van der Waals surface area (Å²) in [7, 11) is 0. The molecule has 1 atom stereocenters. The third-order valence-corrected chi connectivity index (χ3v) is 4.78. The molecule has 2 N–H and O–H groups in total. The van der Waals surface area contributed by atoms with Crippen molar-refractivity contribution >= 4 is 35.0 Å². The van der Waals surface area contributed by atoms with Gasteiger partial charge in [-0.25, -0.2) is 0 Å². The second kappa shape index (κ2) is 4.68. The molecule has 0 bridgehead atoms. The van der Waals surface area contributed by atoms with Crippen LogP contribution in [0.1, 0.15) is 23.7 Å². The molecule has 1 aliphatic carbocycles. The van der Waals surface area contributed by atoms with Crippen LogP contribution < -0.4 is 20.3 Å². The van der Waals surface area contributed by atoms with Gasteiger partial charge in [0.2, 0.25) is 12.7 Å². The lowest BCUT2D eigenvalue weighted by atomic mass is 10.1. The molecule has 0 spiro atoms. The standard InChI is InChI=1S/C13H12Cl2N2O4/c1-12(5-13(12,14)15)11(19)17-16-10(18)7-2-3-8-9(4-7)21-6-20-8/h2-4H,5-6H2,1H3,(H,16,18)(H,17,19). The average molecular weight is 331 g/mol. The zero-order chi connectivity index (χ0) is 15.3. The van der Waals surface area contributed by atoms with E-state index in [1.54, 1.807) is 19.1 Å². The maximum Gasteiger partial charge on any atom is 0.269 e. The number of hydrogen-bond acceptors (Lipinski definition) is 4. The molecule has 1 heterocycles. The van der Waals surface area contributed by atoms with E-state index >= 15 is 0 Å². The molecule has 1 aromatic carbocycles. The van der Waals surface area contributed by atoms with Gasteiger partial charge in [-0.15, -0.1) is 23.2 Å². The molecule has 6 nitrogen and oxygen atoms in total. The van der Waals surface area contributed by atoms with Crippen LogP contribution in [0.25, 0.3) is 0 Å². The number of carbonyl (C=O) groups is 2. The molecule has 0 radical (unpaired) electrons. The third kappa shape index (κ3) is 2.38. The number of amides is 2. The number of benzene rings is 1. The fourth-order valence-corrected chi connectivity index (χ4v) is 2.71. The number of carbonyl (C=O) groups excluding carboxylic acids is 2. The molecule has 2 amide bonds. The van der Waals surface area contributed by atoms with Gasteiger partial charge in [0, 0.05) is 5.56 Å². The minimum atomic E-state index is -1.08. The maximum atomic E-state index is 12.0. The second-order valence-electron chi connectivity index (χ2n) is 5.19. The van der Waals surface area contributed by atoms with Crippen molar-refractivity contribution in [1.29, 1.82) is 0 Å². The molecule has 1 fully saturated rings. The summed E-state index contributed by atoms with van der Waals surface area (Å²) < 4.78 is 9.25. The van der Waals surface area contributed by atoms with Crippen LogP contribution in [0.5, 0.6) is 11.5 Å². The fourth-order valence-electron chi connectivity index (χ4n) is 2.01. The zero-order valence-corrected chi connectivity index (χ0v) is 12.5. The average Bonchev–Trinajstić information content (AvgIpc) is 2.79. The lowest BCUT2D eigenvalue weighted by Crippen LogP contribution is -2.45. The van der Waals surface area contributed by atoms with Gasteiger partial charge >= 0.3 is 0 Å². The SMILES string of the molecule is CC1(C(=O)NNC(=O)c2ccc3c(c2)OCO3)CC1(Cl)Cl. The van der Waals surface area contributed by atoms with Crippen molar-refractivity contribution in [2.45, 2.75) is 17.7 Å². The van der Waals surface area contributed by atoms with Crippen molar-refractivity contribution in [3.63, 3.8) is 0 Å². The number of rotatable bonds is 2. The van der Waals surface area contributed by atoms with E-state index in [0.717, 1.165) is 0 Å². The first-order chi connectivity index (χ1) is 9.83. The number of fused-ring (bicyclic) bond motifs is 1. The van der Waals surface area contributed by atoms with Crippen LogP contribution in [-0.2, 0) is 4.79 Å². The Kier molecular flexibility index (Phi) is 3.18. The maximum absolute atomic E-state index is 12.0. The summed E-state index contributed by atoms with van der Waals surface area (Å²) in [4.78, 5) is 23.9. The highest BCUT2D eigenvalue weighted by Gasteiger charge is 2.68. The number of alkyl halides is 2. The Morgan fingerprint density at radius 3 is 2.52 bits per heavy atom. The van der Waals surface area contributed by atoms with E-state index in [1.807, 2.05) is 0 Å². The van der Waals surface area contributed by atoms with Gasteiger partial charge in [0.05, 0.1) is 5.41 Å². The summed E-state index contributed by atoms with van der Waals surface area (Å²) in [6.07, 6.45) is 0.342. The highest BCUT2D eigenvalue weighted by Crippen LogP contribution is 2.63. The Balaban J connectivity index is 1.61. The van der Waals surface area contributed by atoms with E-state index in [4.69, 9.17) is 32.7 Å². The van der Waals surface area contributed by atoms with E-state index in [-0.39, 0.29) is 6.79 Å². The van der Waals surface area contributed by atoms with Crippen molar-refractivity contribution in [1.82, 2.24) is 10.9 Å². The van der Waals surface area contributed by atoms with Crippen molar-refractivity contribution in [3.8, 4) is 11.5 Å². The van der Waals surface area contributed by atoms with Gasteiger partial charge in [0.15, 0.2) is 11.5 Å². The lowest BCUT2D eigenvalue weighted by Gasteiger charge is -2.13. The molecule has 0 aromatic heterocycles. The van der Waals surface area contributed by atoms with Gasteiger partial charge < -0.3 is 9.47 Å². The highest BCUT2D eigenvalue weighted by molar-refractivity contribution is 6.53. The molecule has 112 valence electrons. The van der Waals surface area contributed by atoms with Crippen molar-refractivity contribution in [3.05, 3.63) is 23.8 Å². The lowest BCUT2D eigenvalue weighted by molar-refractivity contribution is -0.126. The Hall–Kier alpha value is -1.66. The molecule has 21 heavy (non-hydrogen) atoms. The topological polar surface area (TPSA) is 76.7 Å². The fraction of sp³-hybridized carbons (Fsp3) is 0.385. The van der Waals surface area contributed by atoms with Crippen LogP contribution in [0.4, 0.5) is 0 Å². The van der Waals surface area contributed by atoms with Crippen LogP contribution in [0.3, 0.4) is 0 Å². The van der Waals surface area contributed by atoms with Crippen molar-refractivity contribution in [2.75, 3.05) is 6.79 Å². The summed E-state index contributed by atoms with van der Waals surface area (Å²) in [6, 6.07) is 4.74. The number of hydrazine groups is 1. The van der Waals surface area contributed by atoms with Crippen LogP contribution in [0.2, 0.25) is 0 Å². The minimum absolute atomic E-state index is 0.128. The molecule has 1 saturated carbocycles. The van der Waals surface area contributed by atoms with E-state index in [0.29, 0.717) is 23.5 Å². The number of nitrogens with one attached hydrogen (secondary N) is 2. The van der Waals surface area contributed by atoms with Gasteiger partial charge in [-0.3, -0.25) is 20.4 Å². The Bertz CT molecular complexity index is 635. The second-order valence-corrected chi connectivity index (χ2v) is 6.67. The summed E-state index contributed by atoms with van der Waals surface area (Å²) in [6.45, 7) is 1.76. The number of hydrogen-bond donors (Lipinski definition) is 2. The molecule has 1 aliphatic heterocycles. The smallest absolute Gasteiger partial charge is 0.269 e. The van der Waals surface area contributed by atoms with Crippen LogP contribution in [-0.4, -0.2) is 22.9 Å². The summed E-state index contributed by atoms with van der Waals surface area (Å²) in [5.74, 6) is 0.168. The predicted molar refractivity (Wildman–Crippen MR) is 75.3 cm³/mol. The normalized spacial score (nSPS) is 24.3. The highest BCUT2D eigenvalue weighted by atomic mass is 35.5.